The molecular formula is C19H17ClN2S2. The molecule has 2 nitrogen and oxygen atoms in total. The van der Waals surface area contributed by atoms with Gasteiger partial charge in [0.05, 0.1) is 6.04 Å². The zero-order valence-corrected chi connectivity index (χ0v) is 15.5. The first-order chi connectivity index (χ1) is 11.6. The van der Waals surface area contributed by atoms with Crippen LogP contribution in [0.15, 0.2) is 66.0 Å². The van der Waals surface area contributed by atoms with E-state index in [9.17, 15) is 0 Å². The maximum absolute atomic E-state index is 6.18. The largest absolute Gasteiger partial charge is 0.351 e. The fraction of sp³-hybridized carbons (Fsp3) is 0.105. The molecule has 0 radical (unpaired) electrons. The van der Waals surface area contributed by atoms with Gasteiger partial charge >= 0.3 is 0 Å². The Kier molecular flexibility index (Phi) is 5.51. The molecule has 0 fully saturated rings. The molecular weight excluding hydrogens is 356 g/mol. The average molecular weight is 373 g/mol. The number of hydrogen-bond donors (Lipinski definition) is 2. The number of anilines is 1. The van der Waals surface area contributed by atoms with Crippen molar-refractivity contribution in [1.29, 1.82) is 0 Å². The van der Waals surface area contributed by atoms with Crippen LogP contribution in [0.2, 0.25) is 5.02 Å². The van der Waals surface area contributed by atoms with Gasteiger partial charge in [-0.05, 0) is 53.8 Å². The molecule has 0 bridgehead atoms. The van der Waals surface area contributed by atoms with E-state index in [0.29, 0.717) is 5.11 Å². The first-order valence-corrected chi connectivity index (χ1v) is 9.22. The summed E-state index contributed by atoms with van der Waals surface area (Å²) in [7, 11) is 0. The second-order valence-electron chi connectivity index (χ2n) is 5.37. The maximum atomic E-state index is 6.18. The van der Waals surface area contributed by atoms with Gasteiger partial charge in [0.2, 0.25) is 0 Å². The summed E-state index contributed by atoms with van der Waals surface area (Å²) >= 11 is 13.4. The lowest BCUT2D eigenvalue weighted by molar-refractivity contribution is 0.784. The van der Waals surface area contributed by atoms with Gasteiger partial charge < -0.3 is 10.6 Å². The van der Waals surface area contributed by atoms with E-state index in [2.05, 4.69) is 40.3 Å². The third-order valence-electron chi connectivity index (χ3n) is 3.75. The third-order valence-corrected chi connectivity index (χ3v) is 5.32. The van der Waals surface area contributed by atoms with Crippen molar-refractivity contribution in [2.45, 2.75) is 13.0 Å². The van der Waals surface area contributed by atoms with E-state index in [1.54, 1.807) is 11.3 Å². The predicted molar refractivity (Wildman–Crippen MR) is 108 cm³/mol. The van der Waals surface area contributed by atoms with Gasteiger partial charge in [-0.15, -0.1) is 11.3 Å². The first-order valence-electron chi connectivity index (χ1n) is 7.56. The van der Waals surface area contributed by atoms with Crippen molar-refractivity contribution in [3.05, 3.63) is 87.1 Å². The topological polar surface area (TPSA) is 24.1 Å². The molecule has 0 aliphatic rings. The van der Waals surface area contributed by atoms with Gasteiger partial charge in [-0.3, -0.25) is 0 Å². The highest BCUT2D eigenvalue weighted by Crippen LogP contribution is 2.27. The van der Waals surface area contributed by atoms with E-state index in [1.165, 1.54) is 10.4 Å². The molecule has 3 rings (SSSR count). The Labute approximate surface area is 156 Å². The molecule has 122 valence electrons. The molecule has 0 unspecified atom stereocenters. The zero-order chi connectivity index (χ0) is 16.9. The predicted octanol–water partition coefficient (Wildman–Crippen LogP) is 5.79. The molecule has 24 heavy (non-hydrogen) atoms. The molecule has 0 spiro atoms. The van der Waals surface area contributed by atoms with Gasteiger partial charge in [0.25, 0.3) is 0 Å². The van der Waals surface area contributed by atoms with Gasteiger partial charge in [-0.25, -0.2) is 0 Å². The van der Waals surface area contributed by atoms with E-state index < -0.39 is 0 Å². The molecule has 2 N–H and O–H groups in total. The summed E-state index contributed by atoms with van der Waals surface area (Å²) in [5.74, 6) is 0. The summed E-state index contributed by atoms with van der Waals surface area (Å²) in [6, 6.07) is 20.2. The van der Waals surface area contributed by atoms with Gasteiger partial charge in [0.15, 0.2) is 5.11 Å². The van der Waals surface area contributed by atoms with E-state index in [-0.39, 0.29) is 6.04 Å². The Morgan fingerprint density at radius 3 is 2.54 bits per heavy atom. The fourth-order valence-electron chi connectivity index (χ4n) is 2.45. The van der Waals surface area contributed by atoms with Crippen LogP contribution in [0.3, 0.4) is 0 Å². The van der Waals surface area contributed by atoms with E-state index in [1.807, 2.05) is 43.3 Å². The minimum atomic E-state index is 0.0192. The summed E-state index contributed by atoms with van der Waals surface area (Å²) in [5.41, 5.74) is 3.07. The lowest BCUT2D eigenvalue weighted by Gasteiger charge is -2.21. The second kappa shape index (κ2) is 7.79. The molecule has 1 aromatic heterocycles. The first kappa shape index (κ1) is 17.0. The lowest BCUT2D eigenvalue weighted by Crippen LogP contribution is -2.32. The van der Waals surface area contributed by atoms with Crippen LogP contribution >= 0.6 is 35.2 Å². The standard InChI is InChI=1S/C19H17ClN2S2/c1-13-15(20)9-5-10-16(13)21-19(23)22-18(17-11-6-12-24-17)14-7-3-2-4-8-14/h2-12,18H,1H3,(H2,21,22,23)/t18-/m1/s1. The summed E-state index contributed by atoms with van der Waals surface area (Å²) in [6.07, 6.45) is 0. The number of halogens is 1. The average Bonchev–Trinajstić information content (AvgIpc) is 3.12. The Morgan fingerprint density at radius 1 is 1.04 bits per heavy atom. The molecule has 2 aromatic carbocycles. The van der Waals surface area contributed by atoms with Crippen molar-refractivity contribution < 1.29 is 0 Å². The minimum Gasteiger partial charge on any atom is -0.351 e. The molecule has 1 atom stereocenters. The van der Waals surface area contributed by atoms with E-state index >= 15 is 0 Å². The third kappa shape index (κ3) is 3.96. The van der Waals surface area contributed by atoms with E-state index in [4.69, 9.17) is 23.8 Å². The summed E-state index contributed by atoms with van der Waals surface area (Å²) in [4.78, 5) is 1.22. The van der Waals surface area contributed by atoms with Crippen molar-refractivity contribution >= 4 is 46.0 Å². The highest BCUT2D eigenvalue weighted by Gasteiger charge is 2.16. The van der Waals surface area contributed by atoms with E-state index in [0.717, 1.165) is 16.3 Å². The Balaban J connectivity index is 1.80. The van der Waals surface area contributed by atoms with Gasteiger partial charge in [-0.2, -0.15) is 0 Å². The lowest BCUT2D eigenvalue weighted by atomic mass is 10.1. The van der Waals surface area contributed by atoms with Crippen molar-refractivity contribution in [2.75, 3.05) is 5.32 Å². The summed E-state index contributed by atoms with van der Waals surface area (Å²) in [6.45, 7) is 1.97. The molecule has 5 heteroatoms. The number of rotatable bonds is 4. The summed E-state index contributed by atoms with van der Waals surface area (Å²) in [5, 5.41) is 10.0. The number of thiophene rings is 1. The van der Waals surface area contributed by atoms with Crippen LogP contribution in [0.1, 0.15) is 22.0 Å². The van der Waals surface area contributed by atoms with Crippen LogP contribution in [0.25, 0.3) is 0 Å². The normalized spacial score (nSPS) is 11.8. The van der Waals surface area contributed by atoms with Crippen LogP contribution < -0.4 is 10.6 Å². The van der Waals surface area contributed by atoms with Crippen molar-refractivity contribution in [2.24, 2.45) is 0 Å². The highest BCUT2D eigenvalue weighted by atomic mass is 35.5. The van der Waals surface area contributed by atoms with Crippen LogP contribution in [0.5, 0.6) is 0 Å². The van der Waals surface area contributed by atoms with Crippen LogP contribution in [0, 0.1) is 6.92 Å². The van der Waals surface area contributed by atoms with Crippen molar-refractivity contribution in [3.8, 4) is 0 Å². The molecule has 0 saturated heterocycles. The zero-order valence-electron chi connectivity index (χ0n) is 13.1. The molecule has 0 aliphatic carbocycles. The Morgan fingerprint density at radius 2 is 1.83 bits per heavy atom. The maximum Gasteiger partial charge on any atom is 0.171 e. The monoisotopic (exact) mass is 372 g/mol. The smallest absolute Gasteiger partial charge is 0.171 e. The Bertz CT molecular complexity index is 817. The van der Waals surface area contributed by atoms with Gasteiger partial charge in [-0.1, -0.05) is 54.1 Å². The molecule has 0 aliphatic heterocycles. The fourth-order valence-corrected chi connectivity index (χ4v) is 3.66. The molecule has 1 heterocycles. The molecule has 3 aromatic rings. The number of hydrogen-bond acceptors (Lipinski definition) is 2. The number of nitrogens with one attached hydrogen (secondary N) is 2. The number of thiocarbonyl (C=S) groups is 1. The van der Waals surface area contributed by atoms with Crippen molar-refractivity contribution in [1.82, 2.24) is 5.32 Å². The van der Waals surface area contributed by atoms with Crippen LogP contribution in [0.4, 0.5) is 5.69 Å². The molecule has 0 amide bonds. The summed E-state index contributed by atoms with van der Waals surface area (Å²) < 4.78 is 0. The Hall–Kier alpha value is -1.88. The molecule has 0 saturated carbocycles. The van der Waals surface area contributed by atoms with Crippen LogP contribution in [-0.2, 0) is 0 Å². The number of benzene rings is 2. The van der Waals surface area contributed by atoms with Gasteiger partial charge in [0, 0.05) is 15.6 Å². The van der Waals surface area contributed by atoms with Gasteiger partial charge in [0.1, 0.15) is 0 Å². The van der Waals surface area contributed by atoms with Crippen molar-refractivity contribution in [3.63, 3.8) is 0 Å². The van der Waals surface area contributed by atoms with Crippen LogP contribution in [-0.4, -0.2) is 5.11 Å². The second-order valence-corrected chi connectivity index (χ2v) is 7.16. The SMILES string of the molecule is Cc1c(Cl)cccc1NC(=S)N[C@H](c1ccccc1)c1cccs1. The minimum absolute atomic E-state index is 0.0192. The highest BCUT2D eigenvalue weighted by molar-refractivity contribution is 7.80. The quantitative estimate of drug-likeness (QED) is 0.567.